The van der Waals surface area contributed by atoms with Crippen LogP contribution >= 0.6 is 11.3 Å². The molecule has 0 bridgehead atoms. The van der Waals surface area contributed by atoms with Crippen LogP contribution in [0, 0.1) is 0 Å². The summed E-state index contributed by atoms with van der Waals surface area (Å²) in [6.07, 6.45) is 0.771. The molecule has 1 heterocycles. The fraction of sp³-hybridized carbons (Fsp3) is 0.167. The average molecular weight is 220 g/mol. The second-order valence-electron chi connectivity index (χ2n) is 3.25. The quantitative estimate of drug-likeness (QED) is 0.861. The zero-order valence-corrected chi connectivity index (χ0v) is 9.25. The summed E-state index contributed by atoms with van der Waals surface area (Å²) in [5.74, 6) is 1.24. The van der Waals surface area contributed by atoms with Crippen LogP contribution in [0.1, 0.15) is 10.4 Å². The normalized spacial score (nSPS) is 10.2. The molecule has 15 heavy (non-hydrogen) atoms. The largest absolute Gasteiger partial charge is 0.507 e. The molecule has 2 nitrogen and oxygen atoms in total. The summed E-state index contributed by atoms with van der Waals surface area (Å²) in [5.41, 5.74) is 1.17. The van der Waals surface area contributed by atoms with Crippen molar-refractivity contribution in [3.8, 4) is 11.5 Å². The average Bonchev–Trinajstić information content (AvgIpc) is 2.66. The van der Waals surface area contributed by atoms with E-state index in [1.54, 1.807) is 24.5 Å². The summed E-state index contributed by atoms with van der Waals surface area (Å²) < 4.78 is 5.08. The number of rotatable bonds is 3. The van der Waals surface area contributed by atoms with Gasteiger partial charge in [-0.2, -0.15) is 0 Å². The molecule has 78 valence electrons. The third-order valence-electron chi connectivity index (χ3n) is 2.25. The molecular formula is C12H12O2S. The van der Waals surface area contributed by atoms with Crippen molar-refractivity contribution in [3.63, 3.8) is 0 Å². The maximum atomic E-state index is 9.50. The van der Waals surface area contributed by atoms with Crippen LogP contribution in [0.2, 0.25) is 0 Å². The van der Waals surface area contributed by atoms with Crippen molar-refractivity contribution in [3.05, 3.63) is 46.2 Å². The summed E-state index contributed by atoms with van der Waals surface area (Å²) in [5, 5.41) is 11.4. The Morgan fingerprint density at radius 2 is 1.93 bits per heavy atom. The van der Waals surface area contributed by atoms with Gasteiger partial charge in [0.05, 0.1) is 12.0 Å². The summed E-state index contributed by atoms with van der Waals surface area (Å²) in [6.45, 7) is 0. The maximum Gasteiger partial charge on any atom is 0.129 e. The Hall–Kier alpha value is -1.48. The van der Waals surface area contributed by atoms with Crippen molar-refractivity contribution in [1.29, 1.82) is 0 Å². The summed E-state index contributed by atoms with van der Waals surface area (Å²) >= 11 is 1.57. The molecule has 0 atom stereocenters. The minimum atomic E-state index is 0.385. The fourth-order valence-corrected chi connectivity index (χ4v) is 2.19. The van der Waals surface area contributed by atoms with Crippen LogP contribution in [0.3, 0.4) is 0 Å². The van der Waals surface area contributed by atoms with E-state index in [-0.39, 0.29) is 0 Å². The first-order chi connectivity index (χ1) is 7.29. The first-order valence-electron chi connectivity index (χ1n) is 4.68. The summed E-state index contributed by atoms with van der Waals surface area (Å²) in [7, 11) is 1.65. The van der Waals surface area contributed by atoms with Crippen LogP contribution in [-0.4, -0.2) is 12.2 Å². The Bertz CT molecular complexity index is 431. The Morgan fingerprint density at radius 1 is 1.20 bits per heavy atom. The van der Waals surface area contributed by atoms with Gasteiger partial charge in [0.1, 0.15) is 11.5 Å². The monoisotopic (exact) mass is 220 g/mol. The highest BCUT2D eigenvalue weighted by atomic mass is 32.1. The zero-order chi connectivity index (χ0) is 10.7. The Balaban J connectivity index is 2.14. The lowest BCUT2D eigenvalue weighted by Gasteiger charge is -2.02. The van der Waals surface area contributed by atoms with Gasteiger partial charge in [0.15, 0.2) is 0 Å². The highest BCUT2D eigenvalue weighted by Crippen LogP contribution is 2.26. The standard InChI is InChI=1S/C12H12O2S/c1-14-10-4-2-9(3-5-10)8-12-11(13)6-7-15-12/h2-7,13H,8H2,1H3. The Morgan fingerprint density at radius 3 is 2.47 bits per heavy atom. The van der Waals surface area contributed by atoms with Gasteiger partial charge in [0.25, 0.3) is 0 Å². The van der Waals surface area contributed by atoms with E-state index in [1.807, 2.05) is 29.6 Å². The third-order valence-corrected chi connectivity index (χ3v) is 3.16. The number of ether oxygens (including phenoxy) is 1. The molecule has 0 radical (unpaired) electrons. The Kier molecular flexibility index (Phi) is 2.92. The number of methoxy groups -OCH3 is 1. The van der Waals surface area contributed by atoms with Gasteiger partial charge in [-0.05, 0) is 29.1 Å². The first-order valence-corrected chi connectivity index (χ1v) is 5.56. The van der Waals surface area contributed by atoms with Gasteiger partial charge in [-0.1, -0.05) is 12.1 Å². The van der Waals surface area contributed by atoms with Crippen molar-refractivity contribution in [1.82, 2.24) is 0 Å². The molecule has 0 saturated heterocycles. The molecular weight excluding hydrogens is 208 g/mol. The van der Waals surface area contributed by atoms with Gasteiger partial charge < -0.3 is 9.84 Å². The number of hydrogen-bond donors (Lipinski definition) is 1. The van der Waals surface area contributed by atoms with Crippen LogP contribution in [0.25, 0.3) is 0 Å². The van der Waals surface area contributed by atoms with E-state index in [0.717, 1.165) is 17.0 Å². The molecule has 2 rings (SSSR count). The van der Waals surface area contributed by atoms with Crippen LogP contribution in [-0.2, 0) is 6.42 Å². The predicted molar refractivity (Wildman–Crippen MR) is 61.8 cm³/mol. The molecule has 1 aromatic carbocycles. The minimum Gasteiger partial charge on any atom is -0.507 e. The maximum absolute atomic E-state index is 9.50. The zero-order valence-electron chi connectivity index (χ0n) is 8.43. The molecule has 0 amide bonds. The smallest absolute Gasteiger partial charge is 0.129 e. The Labute approximate surface area is 92.8 Å². The lowest BCUT2D eigenvalue weighted by molar-refractivity contribution is 0.414. The van der Waals surface area contributed by atoms with E-state index in [4.69, 9.17) is 4.74 Å². The molecule has 0 saturated carbocycles. The van der Waals surface area contributed by atoms with Crippen molar-refractivity contribution in [2.45, 2.75) is 6.42 Å². The van der Waals surface area contributed by atoms with Crippen LogP contribution in [0.15, 0.2) is 35.7 Å². The fourth-order valence-electron chi connectivity index (χ4n) is 1.39. The van der Waals surface area contributed by atoms with E-state index < -0.39 is 0 Å². The second-order valence-corrected chi connectivity index (χ2v) is 4.25. The van der Waals surface area contributed by atoms with Crippen LogP contribution in [0.5, 0.6) is 11.5 Å². The van der Waals surface area contributed by atoms with E-state index in [1.165, 1.54) is 5.56 Å². The van der Waals surface area contributed by atoms with Crippen molar-refractivity contribution in [2.24, 2.45) is 0 Å². The molecule has 0 aliphatic rings. The van der Waals surface area contributed by atoms with Gasteiger partial charge in [-0.3, -0.25) is 0 Å². The van der Waals surface area contributed by atoms with Crippen molar-refractivity contribution >= 4 is 11.3 Å². The van der Waals surface area contributed by atoms with Gasteiger partial charge in [-0.15, -0.1) is 11.3 Å². The molecule has 3 heteroatoms. The number of aromatic hydroxyl groups is 1. The lowest BCUT2D eigenvalue weighted by Crippen LogP contribution is -1.86. The third kappa shape index (κ3) is 2.30. The van der Waals surface area contributed by atoms with Crippen molar-refractivity contribution in [2.75, 3.05) is 7.11 Å². The molecule has 0 unspecified atom stereocenters. The van der Waals surface area contributed by atoms with Gasteiger partial charge in [0, 0.05) is 6.42 Å². The van der Waals surface area contributed by atoms with E-state index in [0.29, 0.717) is 5.75 Å². The first kappa shape index (κ1) is 10.1. The molecule has 1 aromatic heterocycles. The summed E-state index contributed by atoms with van der Waals surface area (Å²) in [4.78, 5) is 1.00. The van der Waals surface area contributed by atoms with Gasteiger partial charge in [0.2, 0.25) is 0 Å². The molecule has 2 aromatic rings. The lowest BCUT2D eigenvalue weighted by atomic mass is 10.1. The minimum absolute atomic E-state index is 0.385. The van der Waals surface area contributed by atoms with Gasteiger partial charge in [-0.25, -0.2) is 0 Å². The van der Waals surface area contributed by atoms with Crippen molar-refractivity contribution < 1.29 is 9.84 Å². The summed E-state index contributed by atoms with van der Waals surface area (Å²) in [6, 6.07) is 9.61. The number of thiophene rings is 1. The predicted octanol–water partition coefficient (Wildman–Crippen LogP) is 3.05. The van der Waals surface area contributed by atoms with Crippen LogP contribution in [0.4, 0.5) is 0 Å². The second kappa shape index (κ2) is 4.36. The van der Waals surface area contributed by atoms with Gasteiger partial charge >= 0.3 is 0 Å². The van der Waals surface area contributed by atoms with E-state index in [2.05, 4.69) is 0 Å². The topological polar surface area (TPSA) is 29.5 Å². The highest BCUT2D eigenvalue weighted by Gasteiger charge is 2.03. The molecule has 0 spiro atoms. The SMILES string of the molecule is COc1ccc(Cc2sccc2O)cc1. The van der Waals surface area contributed by atoms with E-state index >= 15 is 0 Å². The molecule has 0 aliphatic carbocycles. The molecule has 0 aliphatic heterocycles. The molecule has 0 fully saturated rings. The van der Waals surface area contributed by atoms with E-state index in [9.17, 15) is 5.11 Å². The number of hydrogen-bond acceptors (Lipinski definition) is 3. The highest BCUT2D eigenvalue weighted by molar-refractivity contribution is 7.10. The van der Waals surface area contributed by atoms with Crippen LogP contribution < -0.4 is 4.74 Å². The number of benzene rings is 1. The molecule has 1 N–H and O–H groups in total.